The lowest BCUT2D eigenvalue weighted by Gasteiger charge is -2.07. The number of hydrogen-bond acceptors (Lipinski definition) is 2. The number of aromatic carboxylic acids is 1. The van der Waals surface area contributed by atoms with Crippen molar-refractivity contribution in [3.8, 4) is 0 Å². The molecule has 4 nitrogen and oxygen atoms in total. The van der Waals surface area contributed by atoms with Crippen LogP contribution >= 0.6 is 23.2 Å². The van der Waals surface area contributed by atoms with Crippen LogP contribution in [0.4, 0.5) is 0 Å². The van der Waals surface area contributed by atoms with Crippen LogP contribution in [0.3, 0.4) is 0 Å². The number of nitrogens with one attached hydrogen (secondary N) is 1. The molecule has 0 aromatic heterocycles. The summed E-state index contributed by atoms with van der Waals surface area (Å²) in [5.74, 6) is -0.544. The smallest absolute Gasteiger partial charge is 0.335 e. The molecule has 0 bridgehead atoms. The first-order valence-corrected chi connectivity index (χ1v) is 6.80. The Bertz CT molecular complexity index is 463. The molecule has 0 aliphatic carbocycles. The van der Waals surface area contributed by atoms with Gasteiger partial charge >= 0.3 is 5.97 Å². The molecule has 0 spiro atoms. The van der Waals surface area contributed by atoms with Gasteiger partial charge in [-0.1, -0.05) is 17.7 Å². The number of carboxylic acid groups (broad SMARTS) is 1. The molecule has 0 heterocycles. The number of alkyl halides is 1. The standard InChI is InChI=1S/C13H15Cl2NO3/c14-6-2-1-3-12(17)16-8-10-5-4-9(13(18)19)7-11(10)15/h4-5,7H,1-3,6,8H2,(H,16,17)(H,18,19). The lowest BCUT2D eigenvalue weighted by Crippen LogP contribution is -2.22. The van der Waals surface area contributed by atoms with Crippen molar-refractivity contribution in [3.05, 3.63) is 34.3 Å². The molecular weight excluding hydrogens is 289 g/mol. The minimum absolute atomic E-state index is 0.0662. The van der Waals surface area contributed by atoms with Crippen molar-refractivity contribution in [1.29, 1.82) is 0 Å². The van der Waals surface area contributed by atoms with Gasteiger partial charge in [0.05, 0.1) is 5.56 Å². The van der Waals surface area contributed by atoms with Crippen LogP contribution < -0.4 is 5.32 Å². The highest BCUT2D eigenvalue weighted by molar-refractivity contribution is 6.31. The van der Waals surface area contributed by atoms with Crippen LogP contribution in [0.15, 0.2) is 18.2 Å². The number of unbranched alkanes of at least 4 members (excludes halogenated alkanes) is 1. The number of carbonyl (C=O) groups excluding carboxylic acids is 1. The van der Waals surface area contributed by atoms with Crippen LogP contribution in [0, 0.1) is 0 Å². The molecule has 1 aromatic carbocycles. The first-order chi connectivity index (χ1) is 9.04. The van der Waals surface area contributed by atoms with Gasteiger partial charge in [0.15, 0.2) is 0 Å². The molecule has 1 rings (SSSR count). The Morgan fingerprint density at radius 1 is 1.26 bits per heavy atom. The van der Waals surface area contributed by atoms with Gasteiger partial charge in [0.25, 0.3) is 0 Å². The fourth-order valence-electron chi connectivity index (χ4n) is 1.49. The number of amides is 1. The third-order valence-electron chi connectivity index (χ3n) is 2.56. The number of halogens is 2. The maximum absolute atomic E-state index is 11.5. The molecule has 19 heavy (non-hydrogen) atoms. The van der Waals surface area contributed by atoms with E-state index in [1.165, 1.54) is 12.1 Å². The summed E-state index contributed by atoms with van der Waals surface area (Å²) in [4.78, 5) is 22.2. The molecule has 0 atom stereocenters. The van der Waals surface area contributed by atoms with Gasteiger partial charge in [-0.25, -0.2) is 4.79 Å². The SMILES string of the molecule is O=C(CCCCCl)NCc1ccc(C(=O)O)cc1Cl. The monoisotopic (exact) mass is 303 g/mol. The van der Waals surface area contributed by atoms with E-state index in [1.54, 1.807) is 6.07 Å². The largest absolute Gasteiger partial charge is 0.478 e. The average Bonchev–Trinajstić information content (AvgIpc) is 2.37. The summed E-state index contributed by atoms with van der Waals surface area (Å²) < 4.78 is 0. The average molecular weight is 304 g/mol. The molecule has 2 N–H and O–H groups in total. The summed E-state index contributed by atoms with van der Waals surface area (Å²) in [6.45, 7) is 0.290. The van der Waals surface area contributed by atoms with Gasteiger partial charge in [-0.2, -0.15) is 0 Å². The van der Waals surface area contributed by atoms with Gasteiger partial charge in [-0.05, 0) is 30.5 Å². The summed E-state index contributed by atoms with van der Waals surface area (Å²) in [5, 5.41) is 11.9. The first-order valence-electron chi connectivity index (χ1n) is 5.89. The number of carbonyl (C=O) groups is 2. The Morgan fingerprint density at radius 2 is 2.00 bits per heavy atom. The van der Waals surface area contributed by atoms with E-state index in [0.29, 0.717) is 29.4 Å². The Morgan fingerprint density at radius 3 is 2.58 bits per heavy atom. The molecule has 1 aromatic rings. The van der Waals surface area contributed by atoms with Crippen LogP contribution in [0.2, 0.25) is 5.02 Å². The number of benzene rings is 1. The van der Waals surface area contributed by atoms with Crippen LogP contribution in [0.25, 0.3) is 0 Å². The van der Waals surface area contributed by atoms with Crippen LogP contribution in [-0.4, -0.2) is 22.9 Å². The molecule has 0 aliphatic rings. The van der Waals surface area contributed by atoms with Crippen LogP contribution in [0.5, 0.6) is 0 Å². The second-order valence-corrected chi connectivity index (χ2v) is 4.82. The maximum atomic E-state index is 11.5. The van der Waals surface area contributed by atoms with Crippen molar-refractivity contribution in [2.75, 3.05) is 5.88 Å². The molecule has 6 heteroatoms. The number of hydrogen-bond donors (Lipinski definition) is 2. The predicted octanol–water partition coefficient (Wildman–Crippen LogP) is 3.06. The molecule has 0 unspecified atom stereocenters. The summed E-state index contributed by atoms with van der Waals surface area (Å²) in [6.07, 6.45) is 1.99. The highest BCUT2D eigenvalue weighted by Gasteiger charge is 2.08. The Hall–Kier alpha value is -1.26. The highest BCUT2D eigenvalue weighted by atomic mass is 35.5. The van der Waals surface area contributed by atoms with E-state index >= 15 is 0 Å². The zero-order valence-corrected chi connectivity index (χ0v) is 11.8. The van der Waals surface area contributed by atoms with Crippen LogP contribution in [0.1, 0.15) is 35.2 Å². The quantitative estimate of drug-likeness (QED) is 0.601. The predicted molar refractivity (Wildman–Crippen MR) is 74.8 cm³/mol. The Kier molecular flexibility index (Phi) is 6.67. The zero-order chi connectivity index (χ0) is 14.3. The number of rotatable bonds is 7. The second kappa shape index (κ2) is 8.02. The summed E-state index contributed by atoms with van der Waals surface area (Å²) in [6, 6.07) is 4.44. The van der Waals surface area contributed by atoms with Crippen molar-refractivity contribution in [2.24, 2.45) is 0 Å². The molecule has 104 valence electrons. The highest BCUT2D eigenvalue weighted by Crippen LogP contribution is 2.18. The summed E-state index contributed by atoms with van der Waals surface area (Å²) in [7, 11) is 0. The molecular formula is C13H15Cl2NO3. The van der Waals surface area contributed by atoms with Crippen molar-refractivity contribution < 1.29 is 14.7 Å². The molecule has 0 saturated heterocycles. The second-order valence-electron chi connectivity index (χ2n) is 4.03. The van der Waals surface area contributed by atoms with Gasteiger partial charge in [0, 0.05) is 23.9 Å². The van der Waals surface area contributed by atoms with E-state index in [0.717, 1.165) is 12.8 Å². The maximum Gasteiger partial charge on any atom is 0.335 e. The third-order valence-corrected chi connectivity index (χ3v) is 3.18. The van der Waals surface area contributed by atoms with Crippen molar-refractivity contribution in [1.82, 2.24) is 5.32 Å². The molecule has 0 fully saturated rings. The minimum Gasteiger partial charge on any atom is -0.478 e. The van der Waals surface area contributed by atoms with E-state index in [9.17, 15) is 9.59 Å². The molecule has 0 saturated carbocycles. The lowest BCUT2D eigenvalue weighted by molar-refractivity contribution is -0.121. The lowest BCUT2D eigenvalue weighted by atomic mass is 10.1. The van der Waals surface area contributed by atoms with Crippen molar-refractivity contribution in [3.63, 3.8) is 0 Å². The zero-order valence-electron chi connectivity index (χ0n) is 10.3. The normalized spacial score (nSPS) is 10.2. The van der Waals surface area contributed by atoms with Crippen LogP contribution in [-0.2, 0) is 11.3 Å². The summed E-state index contributed by atoms with van der Waals surface area (Å²) in [5.41, 5.74) is 0.819. The molecule has 1 amide bonds. The van der Waals surface area contributed by atoms with Gasteiger partial charge in [-0.15, -0.1) is 11.6 Å². The van der Waals surface area contributed by atoms with Gasteiger partial charge in [0.1, 0.15) is 0 Å². The van der Waals surface area contributed by atoms with E-state index in [1.807, 2.05) is 0 Å². The molecule has 0 radical (unpaired) electrons. The minimum atomic E-state index is -1.03. The van der Waals surface area contributed by atoms with E-state index in [4.69, 9.17) is 28.3 Å². The Labute approximate surface area is 121 Å². The topological polar surface area (TPSA) is 66.4 Å². The van der Waals surface area contributed by atoms with E-state index in [-0.39, 0.29) is 11.5 Å². The first kappa shape index (κ1) is 15.8. The van der Waals surface area contributed by atoms with Crippen molar-refractivity contribution in [2.45, 2.75) is 25.8 Å². The fourth-order valence-corrected chi connectivity index (χ4v) is 1.92. The van der Waals surface area contributed by atoms with Crippen molar-refractivity contribution >= 4 is 35.1 Å². The van der Waals surface area contributed by atoms with E-state index < -0.39 is 5.97 Å². The van der Waals surface area contributed by atoms with Gasteiger partial charge < -0.3 is 10.4 Å². The fraction of sp³-hybridized carbons (Fsp3) is 0.385. The van der Waals surface area contributed by atoms with Gasteiger partial charge in [0.2, 0.25) is 5.91 Å². The van der Waals surface area contributed by atoms with E-state index in [2.05, 4.69) is 5.32 Å². The Balaban J connectivity index is 2.49. The number of carboxylic acids is 1. The summed E-state index contributed by atoms with van der Waals surface area (Å²) >= 11 is 11.5. The molecule has 0 aliphatic heterocycles. The van der Waals surface area contributed by atoms with Gasteiger partial charge in [-0.3, -0.25) is 4.79 Å². The third kappa shape index (κ3) is 5.49.